The molecule has 0 aliphatic heterocycles. The first-order valence-electron chi connectivity index (χ1n) is 10.8. The Morgan fingerprint density at radius 3 is 2.34 bits per heavy atom. The van der Waals surface area contributed by atoms with Crippen molar-refractivity contribution in [2.24, 2.45) is 0 Å². The van der Waals surface area contributed by atoms with Crippen molar-refractivity contribution < 1.29 is 22.9 Å². The number of hydrogen-bond donors (Lipinski definition) is 2. The van der Waals surface area contributed by atoms with E-state index in [1.807, 2.05) is 0 Å². The van der Waals surface area contributed by atoms with Gasteiger partial charge in [0.2, 0.25) is 0 Å². The zero-order chi connectivity index (χ0) is 25.6. The molecule has 0 saturated carbocycles. The van der Waals surface area contributed by atoms with Gasteiger partial charge in [0.15, 0.2) is 0 Å². The summed E-state index contributed by atoms with van der Waals surface area (Å²) in [5.74, 6) is -0.418. The highest BCUT2D eigenvalue weighted by Gasteiger charge is 2.25. The number of sulfonamides is 1. The summed E-state index contributed by atoms with van der Waals surface area (Å²) < 4.78 is 33.3. The molecule has 0 spiro atoms. The van der Waals surface area contributed by atoms with Crippen molar-refractivity contribution in [3.05, 3.63) is 82.4 Å². The topological polar surface area (TPSA) is 131 Å². The molecular weight excluding hydrogens is 472 g/mol. The van der Waals surface area contributed by atoms with Crippen LogP contribution in [0.1, 0.15) is 24.2 Å². The van der Waals surface area contributed by atoms with Gasteiger partial charge in [0.05, 0.1) is 28.3 Å². The van der Waals surface area contributed by atoms with Crippen LogP contribution in [0.3, 0.4) is 0 Å². The molecule has 10 nitrogen and oxygen atoms in total. The fourth-order valence-electron chi connectivity index (χ4n) is 3.52. The first-order valence-corrected chi connectivity index (χ1v) is 12.3. The highest BCUT2D eigenvalue weighted by molar-refractivity contribution is 7.92. The molecule has 184 valence electrons. The van der Waals surface area contributed by atoms with Crippen molar-refractivity contribution in [3.63, 3.8) is 0 Å². The van der Waals surface area contributed by atoms with E-state index in [0.29, 0.717) is 17.9 Å². The number of carbonyl (C=O) groups is 1. The maximum atomic E-state index is 13.4. The number of nitrogens with zero attached hydrogens (tertiary/aromatic N) is 2. The number of nitro benzene ring substituents is 1. The fraction of sp³-hybridized carbons (Fsp3) is 0.208. The Morgan fingerprint density at radius 1 is 1.03 bits per heavy atom. The molecule has 0 saturated heterocycles. The maximum absolute atomic E-state index is 13.4. The fourth-order valence-corrected chi connectivity index (χ4v) is 5.02. The summed E-state index contributed by atoms with van der Waals surface area (Å²) in [5, 5.41) is 16.9. The van der Waals surface area contributed by atoms with Gasteiger partial charge in [0, 0.05) is 24.7 Å². The van der Waals surface area contributed by atoms with E-state index in [1.165, 1.54) is 41.7 Å². The first-order chi connectivity index (χ1) is 16.7. The number of benzene rings is 3. The molecule has 3 aromatic carbocycles. The molecule has 3 rings (SSSR count). The average Bonchev–Trinajstić information content (AvgIpc) is 2.85. The second-order valence-electron chi connectivity index (χ2n) is 7.34. The number of ether oxygens (including phenoxy) is 1. The molecule has 11 heteroatoms. The van der Waals surface area contributed by atoms with Gasteiger partial charge >= 0.3 is 0 Å². The van der Waals surface area contributed by atoms with Crippen LogP contribution in [-0.2, 0) is 10.0 Å². The van der Waals surface area contributed by atoms with Gasteiger partial charge in [-0.05, 0) is 56.3 Å². The van der Waals surface area contributed by atoms with Gasteiger partial charge in [-0.1, -0.05) is 18.2 Å². The summed E-state index contributed by atoms with van der Waals surface area (Å²) in [7, 11) is -2.57. The van der Waals surface area contributed by atoms with E-state index in [4.69, 9.17) is 4.74 Å². The van der Waals surface area contributed by atoms with Crippen molar-refractivity contribution >= 4 is 38.7 Å². The molecular formula is C24H26N4O6S. The van der Waals surface area contributed by atoms with E-state index < -0.39 is 20.9 Å². The third-order valence-electron chi connectivity index (χ3n) is 5.16. The Bertz CT molecular complexity index is 1330. The highest BCUT2D eigenvalue weighted by Crippen LogP contribution is 2.32. The van der Waals surface area contributed by atoms with Gasteiger partial charge < -0.3 is 15.4 Å². The van der Waals surface area contributed by atoms with Gasteiger partial charge in [-0.3, -0.25) is 19.2 Å². The van der Waals surface area contributed by atoms with Crippen LogP contribution in [0.4, 0.5) is 22.7 Å². The Morgan fingerprint density at radius 2 is 1.74 bits per heavy atom. The lowest BCUT2D eigenvalue weighted by molar-refractivity contribution is -0.384. The van der Waals surface area contributed by atoms with Gasteiger partial charge in [-0.15, -0.1) is 0 Å². The minimum Gasteiger partial charge on any atom is -0.495 e. The SMILES string of the molecule is CCNc1ccc(C(=O)Nc2cc(S(=O)(=O)N(CC)c3ccccc3)ccc2OC)cc1[N+](=O)[O-]. The van der Waals surface area contributed by atoms with Crippen LogP contribution in [-0.4, -0.2) is 39.4 Å². The van der Waals surface area contributed by atoms with Crippen LogP contribution >= 0.6 is 0 Å². The molecule has 0 aliphatic rings. The summed E-state index contributed by atoms with van der Waals surface area (Å²) in [4.78, 5) is 23.7. The zero-order valence-corrected chi connectivity index (χ0v) is 20.3. The van der Waals surface area contributed by atoms with Crippen LogP contribution in [0.15, 0.2) is 71.6 Å². The van der Waals surface area contributed by atoms with E-state index >= 15 is 0 Å². The van der Waals surface area contributed by atoms with E-state index in [-0.39, 0.29) is 34.1 Å². The monoisotopic (exact) mass is 498 g/mol. The lowest BCUT2D eigenvalue weighted by Crippen LogP contribution is -2.30. The lowest BCUT2D eigenvalue weighted by Gasteiger charge is -2.23. The lowest BCUT2D eigenvalue weighted by atomic mass is 10.1. The number of methoxy groups -OCH3 is 1. The second-order valence-corrected chi connectivity index (χ2v) is 9.20. The van der Waals surface area contributed by atoms with Crippen LogP contribution in [0.25, 0.3) is 0 Å². The van der Waals surface area contributed by atoms with E-state index in [1.54, 1.807) is 44.2 Å². The molecule has 3 aromatic rings. The van der Waals surface area contributed by atoms with Crippen molar-refractivity contribution in [3.8, 4) is 5.75 Å². The summed E-state index contributed by atoms with van der Waals surface area (Å²) in [6.45, 7) is 4.19. The third-order valence-corrected chi connectivity index (χ3v) is 7.06. The largest absolute Gasteiger partial charge is 0.495 e. The number of amides is 1. The van der Waals surface area contributed by atoms with Crippen molar-refractivity contribution in [1.82, 2.24) is 0 Å². The molecule has 35 heavy (non-hydrogen) atoms. The summed E-state index contributed by atoms with van der Waals surface area (Å²) in [6.07, 6.45) is 0. The minimum atomic E-state index is -3.95. The van der Waals surface area contributed by atoms with Crippen LogP contribution in [0, 0.1) is 10.1 Å². The predicted octanol–water partition coefficient (Wildman–Crippen LogP) is 4.50. The van der Waals surface area contributed by atoms with Gasteiger partial charge in [0.1, 0.15) is 11.4 Å². The molecule has 1 amide bonds. The predicted molar refractivity (Wildman–Crippen MR) is 135 cm³/mol. The maximum Gasteiger partial charge on any atom is 0.293 e. The molecule has 0 bridgehead atoms. The van der Waals surface area contributed by atoms with Crippen molar-refractivity contribution in [1.29, 1.82) is 0 Å². The Balaban J connectivity index is 1.97. The second kappa shape index (κ2) is 10.9. The van der Waals surface area contributed by atoms with Gasteiger partial charge in [-0.25, -0.2) is 8.42 Å². The molecule has 2 N–H and O–H groups in total. The Kier molecular flexibility index (Phi) is 7.92. The third kappa shape index (κ3) is 5.52. The molecule has 0 atom stereocenters. The average molecular weight is 499 g/mol. The summed E-state index contributed by atoms with van der Waals surface area (Å²) in [5.41, 5.74) is 0.697. The van der Waals surface area contributed by atoms with Gasteiger partial charge in [0.25, 0.3) is 21.6 Å². The molecule has 0 aliphatic carbocycles. The number of carbonyl (C=O) groups excluding carboxylic acids is 1. The molecule has 0 radical (unpaired) electrons. The minimum absolute atomic E-state index is 0.0353. The number of anilines is 3. The molecule has 0 unspecified atom stereocenters. The normalized spacial score (nSPS) is 10.9. The Labute approximate surface area is 203 Å². The standard InChI is InChI=1S/C24H26N4O6S/c1-4-25-20-13-11-17(15-22(20)28(30)31)24(29)26-21-16-19(12-14-23(21)34-3)35(32,33)27(5-2)18-9-7-6-8-10-18/h6-16,25H,4-5H2,1-3H3,(H,26,29). The van der Waals surface area contributed by atoms with Crippen molar-refractivity contribution in [2.75, 3.05) is 35.1 Å². The van der Waals surface area contributed by atoms with E-state index in [0.717, 1.165) is 6.07 Å². The highest BCUT2D eigenvalue weighted by atomic mass is 32.2. The zero-order valence-electron chi connectivity index (χ0n) is 19.5. The van der Waals surface area contributed by atoms with Gasteiger partial charge in [-0.2, -0.15) is 0 Å². The van der Waals surface area contributed by atoms with E-state index in [9.17, 15) is 23.3 Å². The Hall–Kier alpha value is -4.12. The number of nitro groups is 1. The van der Waals surface area contributed by atoms with Crippen LogP contribution in [0.5, 0.6) is 5.75 Å². The first kappa shape index (κ1) is 25.5. The summed E-state index contributed by atoms with van der Waals surface area (Å²) >= 11 is 0. The quantitative estimate of drug-likeness (QED) is 0.311. The number of hydrogen-bond acceptors (Lipinski definition) is 7. The number of nitrogens with one attached hydrogen (secondary N) is 2. The smallest absolute Gasteiger partial charge is 0.293 e. The van der Waals surface area contributed by atoms with Crippen LogP contribution in [0.2, 0.25) is 0 Å². The van der Waals surface area contributed by atoms with E-state index in [2.05, 4.69) is 10.6 Å². The molecule has 0 fully saturated rings. The molecule has 0 heterocycles. The number of para-hydroxylation sites is 1. The number of rotatable bonds is 10. The van der Waals surface area contributed by atoms with Crippen LogP contribution < -0.4 is 19.7 Å². The summed E-state index contributed by atoms with van der Waals surface area (Å²) in [6, 6.07) is 16.9. The van der Waals surface area contributed by atoms with Crippen molar-refractivity contribution in [2.45, 2.75) is 18.7 Å². The molecule has 0 aromatic heterocycles.